The Bertz CT molecular complexity index is 222. The van der Waals surface area contributed by atoms with Crippen LogP contribution in [0.4, 0.5) is 0 Å². The summed E-state index contributed by atoms with van der Waals surface area (Å²) in [5, 5.41) is 8.85. The molecule has 2 unspecified atom stereocenters. The molecule has 0 radical (unpaired) electrons. The Labute approximate surface area is 79.5 Å². The summed E-state index contributed by atoms with van der Waals surface area (Å²) in [5.41, 5.74) is -1.15. The minimum atomic E-state index is -2.71. The largest absolute Gasteiger partial charge is 0.696 e. The van der Waals surface area contributed by atoms with Crippen LogP contribution in [0, 0.1) is 17.2 Å². The number of hydrogen-bond donors (Lipinski definition) is 1. The molecular formula is C8H15NO3P+. The van der Waals surface area contributed by atoms with Gasteiger partial charge >= 0.3 is 8.25 Å². The van der Waals surface area contributed by atoms with Gasteiger partial charge in [-0.3, -0.25) is 0 Å². The highest BCUT2D eigenvalue weighted by Gasteiger charge is 2.41. The zero-order chi connectivity index (χ0) is 10.5. The van der Waals surface area contributed by atoms with Crippen molar-refractivity contribution in [1.29, 1.82) is 5.26 Å². The highest BCUT2D eigenvalue weighted by Crippen LogP contribution is 2.34. The smallest absolute Gasteiger partial charge is 0.195 e. The molecule has 0 aromatic heterocycles. The number of nitrogens with zero attached hydrogens (tertiary/aromatic N) is 1. The molecule has 0 aliphatic heterocycles. The summed E-state index contributed by atoms with van der Waals surface area (Å²) in [6, 6.07) is 1.95. The van der Waals surface area contributed by atoms with E-state index in [2.05, 4.69) is 0 Å². The molecule has 0 amide bonds. The number of rotatable bonds is 5. The minimum absolute atomic E-state index is 0.0106. The zero-order valence-corrected chi connectivity index (χ0v) is 9.04. The Hall–Kier alpha value is -0.490. The first-order valence-corrected chi connectivity index (χ1v) is 5.39. The van der Waals surface area contributed by atoms with E-state index < -0.39 is 13.9 Å². The van der Waals surface area contributed by atoms with Crippen molar-refractivity contribution < 1.29 is 14.0 Å². The van der Waals surface area contributed by atoms with Gasteiger partial charge in [-0.1, -0.05) is 18.4 Å². The van der Waals surface area contributed by atoms with E-state index in [1.165, 1.54) is 0 Å². The Kier molecular flexibility index (Phi) is 5.09. The molecule has 1 N–H and O–H groups in total. The molecule has 0 spiro atoms. The van der Waals surface area contributed by atoms with E-state index in [9.17, 15) is 4.57 Å². The minimum Gasteiger partial charge on any atom is -0.195 e. The molecule has 2 atom stereocenters. The van der Waals surface area contributed by atoms with Crippen LogP contribution in [0.3, 0.4) is 0 Å². The molecule has 0 heterocycles. The van der Waals surface area contributed by atoms with Crippen LogP contribution in [0.25, 0.3) is 0 Å². The standard InChI is InChI=1S/C8H14NO3P/c1-4-7(5-2)8(3,6-9)12-13(10)11/h7H,4-5H2,1-3H3/p+1. The second kappa shape index (κ2) is 5.29. The van der Waals surface area contributed by atoms with Gasteiger partial charge in [0.25, 0.3) is 0 Å². The summed E-state index contributed by atoms with van der Waals surface area (Å²) in [5.74, 6) is -0.0106. The Morgan fingerprint density at radius 1 is 1.62 bits per heavy atom. The maximum Gasteiger partial charge on any atom is 0.696 e. The monoisotopic (exact) mass is 204 g/mol. The summed E-state index contributed by atoms with van der Waals surface area (Å²) < 4.78 is 15.2. The molecule has 0 fully saturated rings. The van der Waals surface area contributed by atoms with Crippen LogP contribution in [0.1, 0.15) is 33.6 Å². The summed E-state index contributed by atoms with van der Waals surface area (Å²) >= 11 is 0. The lowest BCUT2D eigenvalue weighted by molar-refractivity contribution is 0.0715. The number of hydrogen-bond acceptors (Lipinski definition) is 3. The SMILES string of the molecule is CCC(CC)C(C)(C#N)O[P+](=O)O. The third-order valence-electron chi connectivity index (χ3n) is 2.25. The fourth-order valence-electron chi connectivity index (χ4n) is 1.42. The normalized spacial score (nSPS) is 16.5. The molecule has 4 nitrogen and oxygen atoms in total. The van der Waals surface area contributed by atoms with Gasteiger partial charge < -0.3 is 0 Å². The van der Waals surface area contributed by atoms with Crippen LogP contribution in [-0.4, -0.2) is 10.5 Å². The van der Waals surface area contributed by atoms with E-state index in [4.69, 9.17) is 14.7 Å². The summed E-state index contributed by atoms with van der Waals surface area (Å²) in [6.07, 6.45) is 1.51. The topological polar surface area (TPSA) is 70.3 Å². The van der Waals surface area contributed by atoms with Gasteiger partial charge in [0.15, 0.2) is 0 Å². The first kappa shape index (κ1) is 12.5. The van der Waals surface area contributed by atoms with Crippen molar-refractivity contribution in [3.05, 3.63) is 0 Å². The van der Waals surface area contributed by atoms with Gasteiger partial charge in [0.1, 0.15) is 6.07 Å². The van der Waals surface area contributed by atoms with Crippen LogP contribution < -0.4 is 0 Å². The van der Waals surface area contributed by atoms with Gasteiger partial charge in [-0.25, -0.2) is 0 Å². The maximum atomic E-state index is 10.5. The van der Waals surface area contributed by atoms with Crippen molar-refractivity contribution in [2.45, 2.75) is 39.2 Å². The molecular weight excluding hydrogens is 189 g/mol. The molecule has 0 saturated heterocycles. The molecule has 5 heteroatoms. The second-order valence-electron chi connectivity index (χ2n) is 3.06. The molecule has 0 bridgehead atoms. The first-order chi connectivity index (χ1) is 6.00. The van der Waals surface area contributed by atoms with Crippen molar-refractivity contribution in [2.24, 2.45) is 5.92 Å². The third kappa shape index (κ3) is 3.40. The highest BCUT2D eigenvalue weighted by atomic mass is 31.1. The van der Waals surface area contributed by atoms with Crippen LogP contribution in [-0.2, 0) is 9.09 Å². The van der Waals surface area contributed by atoms with E-state index in [0.717, 1.165) is 12.8 Å². The second-order valence-corrected chi connectivity index (χ2v) is 3.72. The van der Waals surface area contributed by atoms with Crippen molar-refractivity contribution in [2.75, 3.05) is 0 Å². The van der Waals surface area contributed by atoms with E-state index in [-0.39, 0.29) is 5.92 Å². The van der Waals surface area contributed by atoms with Gasteiger partial charge in [-0.05, 0) is 19.8 Å². The van der Waals surface area contributed by atoms with E-state index in [1.54, 1.807) is 6.92 Å². The number of nitriles is 1. The van der Waals surface area contributed by atoms with E-state index in [1.807, 2.05) is 19.9 Å². The van der Waals surface area contributed by atoms with E-state index in [0.29, 0.717) is 0 Å². The lowest BCUT2D eigenvalue weighted by Crippen LogP contribution is -2.33. The molecule has 0 aliphatic rings. The van der Waals surface area contributed by atoms with Crippen molar-refractivity contribution in [3.8, 4) is 6.07 Å². The molecule has 0 saturated carbocycles. The zero-order valence-electron chi connectivity index (χ0n) is 8.15. The van der Waals surface area contributed by atoms with Gasteiger partial charge in [0.2, 0.25) is 5.60 Å². The van der Waals surface area contributed by atoms with Gasteiger partial charge in [0, 0.05) is 10.5 Å². The molecule has 74 valence electrons. The van der Waals surface area contributed by atoms with Crippen LogP contribution in [0.5, 0.6) is 0 Å². The van der Waals surface area contributed by atoms with Crippen molar-refractivity contribution >= 4 is 8.25 Å². The average Bonchev–Trinajstić information content (AvgIpc) is 2.05. The summed E-state index contributed by atoms with van der Waals surface area (Å²) in [6.45, 7) is 5.41. The molecule has 0 aliphatic carbocycles. The summed E-state index contributed by atoms with van der Waals surface area (Å²) in [4.78, 5) is 8.59. The maximum absolute atomic E-state index is 10.5. The van der Waals surface area contributed by atoms with Gasteiger partial charge in [-0.2, -0.15) is 5.26 Å². The van der Waals surface area contributed by atoms with Gasteiger partial charge in [0.05, 0.1) is 0 Å². The summed E-state index contributed by atoms with van der Waals surface area (Å²) in [7, 11) is -2.71. The average molecular weight is 204 g/mol. The first-order valence-electron chi connectivity index (χ1n) is 4.26. The van der Waals surface area contributed by atoms with Crippen molar-refractivity contribution in [3.63, 3.8) is 0 Å². The Balaban J connectivity index is 4.61. The highest BCUT2D eigenvalue weighted by molar-refractivity contribution is 7.32. The Morgan fingerprint density at radius 3 is 2.31 bits per heavy atom. The Morgan fingerprint density at radius 2 is 2.08 bits per heavy atom. The van der Waals surface area contributed by atoms with E-state index >= 15 is 0 Å². The predicted octanol–water partition coefficient (Wildman–Crippen LogP) is 2.37. The molecule has 13 heavy (non-hydrogen) atoms. The lowest BCUT2D eigenvalue weighted by Gasteiger charge is -2.23. The molecule has 0 rings (SSSR count). The quantitative estimate of drug-likeness (QED) is 0.698. The van der Waals surface area contributed by atoms with Crippen molar-refractivity contribution in [1.82, 2.24) is 0 Å². The lowest BCUT2D eigenvalue weighted by atomic mass is 9.86. The molecule has 0 aromatic rings. The predicted molar refractivity (Wildman–Crippen MR) is 49.0 cm³/mol. The van der Waals surface area contributed by atoms with Crippen LogP contribution in [0.2, 0.25) is 0 Å². The van der Waals surface area contributed by atoms with Gasteiger partial charge in [-0.15, -0.1) is 4.89 Å². The van der Waals surface area contributed by atoms with Crippen LogP contribution >= 0.6 is 8.25 Å². The third-order valence-corrected chi connectivity index (χ3v) is 2.79. The fourth-order valence-corrected chi connectivity index (χ4v) is 1.93. The van der Waals surface area contributed by atoms with Crippen LogP contribution in [0.15, 0.2) is 0 Å². The molecule has 0 aromatic carbocycles. The fraction of sp³-hybridized carbons (Fsp3) is 0.875.